The molecule has 0 aliphatic heterocycles. The van der Waals surface area contributed by atoms with Crippen molar-refractivity contribution in [2.24, 2.45) is 0 Å². The van der Waals surface area contributed by atoms with Crippen LogP contribution in [0.25, 0.3) is 0 Å². The van der Waals surface area contributed by atoms with Crippen LogP contribution in [0.15, 0.2) is 29.2 Å². The number of benzene rings is 1. The average molecular weight is 312 g/mol. The second kappa shape index (κ2) is 6.27. The number of halogens is 1. The molecule has 2 nitrogen and oxygen atoms in total. The Morgan fingerprint density at radius 1 is 1.25 bits per heavy atom. The van der Waals surface area contributed by atoms with Gasteiger partial charge in [0.25, 0.3) is 0 Å². The van der Waals surface area contributed by atoms with Gasteiger partial charge < -0.3 is 10.4 Å². The van der Waals surface area contributed by atoms with Crippen molar-refractivity contribution in [3.63, 3.8) is 0 Å². The summed E-state index contributed by atoms with van der Waals surface area (Å²) in [4.78, 5) is 1.28. The maximum Gasteiger partial charge on any atom is 0.0613 e. The van der Waals surface area contributed by atoms with Crippen LogP contribution in [0.1, 0.15) is 38.5 Å². The van der Waals surface area contributed by atoms with Crippen molar-refractivity contribution in [2.45, 2.75) is 60.3 Å². The van der Waals surface area contributed by atoms with Crippen molar-refractivity contribution in [1.82, 2.24) is 5.32 Å². The van der Waals surface area contributed by atoms with Gasteiger partial charge in [-0.1, -0.05) is 18.0 Å². The summed E-state index contributed by atoms with van der Waals surface area (Å²) in [6, 6.07) is 8.75. The third-order valence-electron chi connectivity index (χ3n) is 4.31. The lowest BCUT2D eigenvalue weighted by Crippen LogP contribution is -2.53. The highest BCUT2D eigenvalue weighted by Gasteiger charge is 2.39. The molecular weight excluding hydrogens is 290 g/mol. The fourth-order valence-corrected chi connectivity index (χ4v) is 4.59. The van der Waals surface area contributed by atoms with Gasteiger partial charge >= 0.3 is 0 Å². The molecule has 0 spiro atoms. The molecule has 2 unspecified atom stereocenters. The highest BCUT2D eigenvalue weighted by atomic mass is 35.5. The van der Waals surface area contributed by atoms with Crippen LogP contribution in [0, 0.1) is 0 Å². The highest BCUT2D eigenvalue weighted by molar-refractivity contribution is 8.00. The number of nitrogens with one attached hydrogen (secondary N) is 1. The van der Waals surface area contributed by atoms with Gasteiger partial charge in [-0.3, -0.25) is 0 Å². The molecule has 2 aliphatic carbocycles. The normalized spacial score (nSPS) is 30.4. The number of aliphatic hydroxyl groups excluding tert-OH is 1. The number of hydrogen-bond donors (Lipinski definition) is 2. The Morgan fingerprint density at radius 3 is 2.65 bits per heavy atom. The van der Waals surface area contributed by atoms with Crippen molar-refractivity contribution >= 4 is 23.4 Å². The van der Waals surface area contributed by atoms with Crippen LogP contribution in [0.3, 0.4) is 0 Å². The lowest BCUT2D eigenvalue weighted by Gasteiger charge is -2.40. The zero-order chi connectivity index (χ0) is 14.0. The smallest absolute Gasteiger partial charge is 0.0613 e. The topological polar surface area (TPSA) is 32.3 Å². The molecule has 0 amide bonds. The molecule has 2 N–H and O–H groups in total. The Bertz CT molecular complexity index is 448. The van der Waals surface area contributed by atoms with Crippen molar-refractivity contribution in [1.29, 1.82) is 0 Å². The predicted molar refractivity (Wildman–Crippen MR) is 85.5 cm³/mol. The monoisotopic (exact) mass is 311 g/mol. The van der Waals surface area contributed by atoms with Crippen molar-refractivity contribution in [2.75, 3.05) is 6.61 Å². The maximum atomic E-state index is 9.85. The van der Waals surface area contributed by atoms with Gasteiger partial charge in [0, 0.05) is 26.7 Å². The minimum absolute atomic E-state index is 0.0382. The Hall–Kier alpha value is -0.220. The molecule has 1 aromatic carbocycles. The van der Waals surface area contributed by atoms with Gasteiger partial charge in [0.1, 0.15) is 0 Å². The summed E-state index contributed by atoms with van der Waals surface area (Å²) in [6.07, 6.45) is 7.16. The first-order valence-corrected chi connectivity index (χ1v) is 8.76. The standard InChI is InChI=1S/C16H22ClNOS/c17-12-3-7-14(8-4-12)20-15-2-1-9-16(10-15,11-19)18-13-5-6-13/h3-4,7-8,13,15,18-19H,1-2,5-6,9-11H2. The summed E-state index contributed by atoms with van der Waals surface area (Å²) in [7, 11) is 0. The van der Waals surface area contributed by atoms with E-state index in [1.54, 1.807) is 0 Å². The van der Waals surface area contributed by atoms with Crippen molar-refractivity contribution in [3.05, 3.63) is 29.3 Å². The zero-order valence-electron chi connectivity index (χ0n) is 11.6. The van der Waals surface area contributed by atoms with E-state index in [2.05, 4.69) is 17.4 Å². The number of rotatable bonds is 5. The number of aliphatic hydroxyl groups is 1. The molecule has 2 saturated carbocycles. The summed E-state index contributed by atoms with van der Waals surface area (Å²) >= 11 is 7.86. The first-order valence-electron chi connectivity index (χ1n) is 7.50. The largest absolute Gasteiger partial charge is 0.394 e. The first kappa shape index (κ1) is 14.7. The maximum absolute atomic E-state index is 9.85. The second-order valence-electron chi connectivity index (χ2n) is 6.15. The molecule has 2 fully saturated rings. The number of hydrogen-bond acceptors (Lipinski definition) is 3. The quantitative estimate of drug-likeness (QED) is 0.866. The lowest BCUT2D eigenvalue weighted by molar-refractivity contribution is 0.122. The molecular formula is C16H22ClNOS. The van der Waals surface area contributed by atoms with Crippen LogP contribution in [-0.4, -0.2) is 28.5 Å². The van der Waals surface area contributed by atoms with E-state index >= 15 is 0 Å². The molecule has 0 aromatic heterocycles. The molecule has 4 heteroatoms. The first-order chi connectivity index (χ1) is 9.69. The van der Waals surface area contributed by atoms with Gasteiger partial charge in [0.15, 0.2) is 0 Å². The Balaban J connectivity index is 1.63. The minimum atomic E-state index is -0.0382. The fraction of sp³-hybridized carbons (Fsp3) is 0.625. The van der Waals surface area contributed by atoms with Crippen LogP contribution >= 0.6 is 23.4 Å². The van der Waals surface area contributed by atoms with E-state index in [0.29, 0.717) is 11.3 Å². The summed E-state index contributed by atoms with van der Waals surface area (Å²) < 4.78 is 0. The zero-order valence-corrected chi connectivity index (χ0v) is 13.2. The summed E-state index contributed by atoms with van der Waals surface area (Å²) in [5, 5.41) is 14.9. The molecule has 2 atom stereocenters. The predicted octanol–water partition coefficient (Wildman–Crippen LogP) is 3.86. The van der Waals surface area contributed by atoms with E-state index in [9.17, 15) is 5.11 Å². The highest BCUT2D eigenvalue weighted by Crippen LogP contribution is 2.40. The van der Waals surface area contributed by atoms with Crippen LogP contribution in [-0.2, 0) is 0 Å². The van der Waals surface area contributed by atoms with Gasteiger partial charge in [-0.2, -0.15) is 0 Å². The van der Waals surface area contributed by atoms with Crippen LogP contribution < -0.4 is 5.32 Å². The third-order valence-corrected chi connectivity index (χ3v) is 5.84. The van der Waals surface area contributed by atoms with E-state index in [1.807, 2.05) is 23.9 Å². The second-order valence-corrected chi connectivity index (χ2v) is 7.96. The molecule has 0 heterocycles. The SMILES string of the molecule is OCC1(NC2CC2)CCCC(Sc2ccc(Cl)cc2)C1. The van der Waals surface area contributed by atoms with Gasteiger partial charge in [0.05, 0.1) is 6.61 Å². The van der Waals surface area contributed by atoms with E-state index in [-0.39, 0.29) is 12.1 Å². The molecule has 3 rings (SSSR count). The van der Waals surface area contributed by atoms with Crippen LogP contribution in [0.5, 0.6) is 0 Å². The van der Waals surface area contributed by atoms with E-state index in [1.165, 1.54) is 30.6 Å². The fourth-order valence-electron chi connectivity index (χ4n) is 3.10. The Morgan fingerprint density at radius 2 is 2.00 bits per heavy atom. The van der Waals surface area contributed by atoms with Crippen molar-refractivity contribution < 1.29 is 5.11 Å². The Labute approximate surface area is 130 Å². The minimum Gasteiger partial charge on any atom is -0.394 e. The molecule has 110 valence electrons. The molecule has 0 saturated heterocycles. The average Bonchev–Trinajstić information content (AvgIpc) is 3.26. The van der Waals surface area contributed by atoms with Gasteiger partial charge in [-0.25, -0.2) is 0 Å². The van der Waals surface area contributed by atoms with Gasteiger partial charge in [0.2, 0.25) is 0 Å². The number of thioether (sulfide) groups is 1. The summed E-state index contributed by atoms with van der Waals surface area (Å²) in [5.74, 6) is 0. The molecule has 0 radical (unpaired) electrons. The van der Waals surface area contributed by atoms with Crippen LogP contribution in [0.4, 0.5) is 0 Å². The van der Waals surface area contributed by atoms with Gasteiger partial charge in [-0.15, -0.1) is 11.8 Å². The Kier molecular flexibility index (Phi) is 4.61. The van der Waals surface area contributed by atoms with Crippen molar-refractivity contribution in [3.8, 4) is 0 Å². The van der Waals surface area contributed by atoms with Gasteiger partial charge in [-0.05, 0) is 56.4 Å². The lowest BCUT2D eigenvalue weighted by atomic mass is 9.82. The van der Waals surface area contributed by atoms with Crippen LogP contribution in [0.2, 0.25) is 5.02 Å². The molecule has 2 aliphatic rings. The molecule has 20 heavy (non-hydrogen) atoms. The third kappa shape index (κ3) is 3.70. The molecule has 1 aromatic rings. The van der Waals surface area contributed by atoms with E-state index in [0.717, 1.165) is 17.9 Å². The summed E-state index contributed by atoms with van der Waals surface area (Å²) in [6.45, 7) is 0.265. The summed E-state index contributed by atoms with van der Waals surface area (Å²) in [5.41, 5.74) is -0.0382. The van der Waals surface area contributed by atoms with E-state index < -0.39 is 0 Å². The molecule has 0 bridgehead atoms. The van der Waals surface area contributed by atoms with E-state index in [4.69, 9.17) is 11.6 Å².